The van der Waals surface area contributed by atoms with Crippen LogP contribution in [0.5, 0.6) is 0 Å². The molecule has 2 heteroatoms. The van der Waals surface area contributed by atoms with Gasteiger partial charge in [-0.2, -0.15) is 0 Å². The maximum Gasteiger partial charge on any atom is 0.336 e. The molecule has 0 spiro atoms. The van der Waals surface area contributed by atoms with Crippen LogP contribution in [-0.4, -0.2) is 0 Å². The van der Waals surface area contributed by atoms with Crippen LogP contribution in [0.2, 0.25) is 0 Å². The van der Waals surface area contributed by atoms with Gasteiger partial charge in [-0.3, -0.25) is 0 Å². The number of fused-ring (bicyclic) bond motifs is 1. The molecular weight excluding hydrogens is 176 g/mol. The van der Waals surface area contributed by atoms with Gasteiger partial charge in [-0.25, -0.2) is 4.79 Å². The summed E-state index contributed by atoms with van der Waals surface area (Å²) in [6, 6.07) is 9.12. The van der Waals surface area contributed by atoms with Crippen molar-refractivity contribution in [2.75, 3.05) is 0 Å². The van der Waals surface area contributed by atoms with Gasteiger partial charge in [0.15, 0.2) is 0 Å². The van der Waals surface area contributed by atoms with E-state index in [9.17, 15) is 4.79 Å². The van der Waals surface area contributed by atoms with Gasteiger partial charge in [0.1, 0.15) is 5.58 Å². The number of hydrogen-bond donors (Lipinski definition) is 0. The monoisotopic (exact) mass is 187 g/mol. The van der Waals surface area contributed by atoms with Gasteiger partial charge in [-0.15, -0.1) is 0 Å². The zero-order valence-corrected chi connectivity index (χ0v) is 7.82. The smallest absolute Gasteiger partial charge is 0.336 e. The van der Waals surface area contributed by atoms with E-state index in [1.807, 2.05) is 24.3 Å². The molecule has 1 aromatic heterocycles. The number of para-hydroxylation sites is 1. The Bertz CT molecular complexity index is 497. The van der Waals surface area contributed by atoms with Crippen LogP contribution < -0.4 is 5.63 Å². The second-order valence-corrected chi connectivity index (χ2v) is 3.19. The van der Waals surface area contributed by atoms with E-state index >= 15 is 0 Å². The van der Waals surface area contributed by atoms with Crippen molar-refractivity contribution in [2.45, 2.75) is 12.8 Å². The van der Waals surface area contributed by atoms with Gasteiger partial charge in [0.05, 0.1) is 0 Å². The SMILES string of the molecule is [CH2]CCc1cc(=O)oc2ccccc12. The minimum atomic E-state index is -0.285. The van der Waals surface area contributed by atoms with Crippen LogP contribution in [0.15, 0.2) is 39.5 Å². The highest BCUT2D eigenvalue weighted by molar-refractivity contribution is 5.79. The standard InChI is InChI=1S/C12H11O2/c1-2-5-9-8-12(13)14-11-7-4-3-6-10(9)11/h3-4,6-8H,1-2,5H2. The van der Waals surface area contributed by atoms with Gasteiger partial charge < -0.3 is 4.42 Å². The van der Waals surface area contributed by atoms with Crippen molar-refractivity contribution >= 4 is 11.0 Å². The van der Waals surface area contributed by atoms with E-state index in [1.54, 1.807) is 6.07 Å². The van der Waals surface area contributed by atoms with Crippen LogP contribution in [0, 0.1) is 6.92 Å². The molecule has 0 amide bonds. The summed E-state index contributed by atoms with van der Waals surface area (Å²) in [7, 11) is 0. The van der Waals surface area contributed by atoms with Gasteiger partial charge in [0, 0.05) is 11.5 Å². The molecule has 1 aromatic carbocycles. The van der Waals surface area contributed by atoms with Crippen LogP contribution in [0.4, 0.5) is 0 Å². The van der Waals surface area contributed by atoms with Gasteiger partial charge in [-0.1, -0.05) is 25.1 Å². The number of hydrogen-bond acceptors (Lipinski definition) is 2. The first-order chi connectivity index (χ1) is 6.81. The van der Waals surface area contributed by atoms with Crippen LogP contribution in [-0.2, 0) is 6.42 Å². The molecule has 0 saturated heterocycles. The summed E-state index contributed by atoms with van der Waals surface area (Å²) < 4.78 is 5.07. The lowest BCUT2D eigenvalue weighted by molar-refractivity contribution is 0.559. The van der Waals surface area contributed by atoms with Crippen molar-refractivity contribution in [3.05, 3.63) is 53.2 Å². The molecule has 0 aliphatic carbocycles. The van der Waals surface area contributed by atoms with E-state index in [4.69, 9.17) is 4.42 Å². The fraction of sp³-hybridized carbons (Fsp3) is 0.167. The van der Waals surface area contributed by atoms with Crippen molar-refractivity contribution in [3.8, 4) is 0 Å². The maximum atomic E-state index is 11.2. The fourth-order valence-corrected chi connectivity index (χ4v) is 1.58. The van der Waals surface area contributed by atoms with E-state index in [1.165, 1.54) is 0 Å². The Morgan fingerprint density at radius 3 is 2.86 bits per heavy atom. The summed E-state index contributed by atoms with van der Waals surface area (Å²) >= 11 is 0. The molecule has 1 heterocycles. The van der Waals surface area contributed by atoms with Crippen molar-refractivity contribution in [1.82, 2.24) is 0 Å². The Labute approximate surface area is 82.2 Å². The summed E-state index contributed by atoms with van der Waals surface area (Å²) in [4.78, 5) is 11.2. The summed E-state index contributed by atoms with van der Waals surface area (Å²) in [5.41, 5.74) is 1.39. The molecule has 0 fully saturated rings. The highest BCUT2D eigenvalue weighted by Crippen LogP contribution is 2.17. The number of rotatable bonds is 2. The Balaban J connectivity index is 2.73. The largest absolute Gasteiger partial charge is 0.423 e. The Kier molecular flexibility index (Phi) is 2.35. The average Bonchev–Trinajstić information content (AvgIpc) is 2.18. The van der Waals surface area contributed by atoms with E-state index in [0.717, 1.165) is 23.8 Å². The van der Waals surface area contributed by atoms with Crippen molar-refractivity contribution in [3.63, 3.8) is 0 Å². The molecule has 0 aliphatic heterocycles. The molecule has 0 N–H and O–H groups in total. The minimum Gasteiger partial charge on any atom is -0.423 e. The second kappa shape index (κ2) is 3.66. The first kappa shape index (κ1) is 9.00. The van der Waals surface area contributed by atoms with Crippen LogP contribution in [0.25, 0.3) is 11.0 Å². The lowest BCUT2D eigenvalue weighted by Gasteiger charge is -2.02. The molecule has 2 aromatic rings. The topological polar surface area (TPSA) is 30.2 Å². The molecule has 0 unspecified atom stereocenters. The Morgan fingerprint density at radius 2 is 2.07 bits per heavy atom. The van der Waals surface area contributed by atoms with Crippen LogP contribution in [0.1, 0.15) is 12.0 Å². The van der Waals surface area contributed by atoms with Crippen molar-refractivity contribution < 1.29 is 4.42 Å². The van der Waals surface area contributed by atoms with E-state index in [0.29, 0.717) is 5.58 Å². The first-order valence-electron chi connectivity index (χ1n) is 4.62. The normalized spacial score (nSPS) is 10.6. The minimum absolute atomic E-state index is 0.285. The second-order valence-electron chi connectivity index (χ2n) is 3.19. The molecule has 2 rings (SSSR count). The lowest BCUT2D eigenvalue weighted by atomic mass is 10.1. The maximum absolute atomic E-state index is 11.2. The van der Waals surface area contributed by atoms with Gasteiger partial charge >= 0.3 is 5.63 Å². The predicted octanol–water partition coefficient (Wildman–Crippen LogP) is 2.56. The van der Waals surface area contributed by atoms with E-state index in [2.05, 4.69) is 6.92 Å². The Morgan fingerprint density at radius 1 is 1.29 bits per heavy atom. The highest BCUT2D eigenvalue weighted by Gasteiger charge is 2.02. The summed E-state index contributed by atoms with van der Waals surface area (Å²) in [6.45, 7) is 3.78. The Hall–Kier alpha value is -1.57. The molecule has 1 radical (unpaired) electrons. The molecule has 0 atom stereocenters. The summed E-state index contributed by atoms with van der Waals surface area (Å²) in [5.74, 6) is 0. The zero-order valence-electron chi connectivity index (χ0n) is 7.82. The van der Waals surface area contributed by atoms with Crippen LogP contribution >= 0.6 is 0 Å². The molecule has 2 nitrogen and oxygen atoms in total. The molecule has 71 valence electrons. The molecular formula is C12H11O2. The first-order valence-corrected chi connectivity index (χ1v) is 4.62. The summed E-state index contributed by atoms with van der Waals surface area (Å²) in [5, 5.41) is 1.01. The van der Waals surface area contributed by atoms with Crippen LogP contribution in [0.3, 0.4) is 0 Å². The van der Waals surface area contributed by atoms with Gasteiger partial charge in [0.25, 0.3) is 0 Å². The van der Waals surface area contributed by atoms with Crippen molar-refractivity contribution in [2.24, 2.45) is 0 Å². The molecule has 14 heavy (non-hydrogen) atoms. The summed E-state index contributed by atoms with van der Waals surface area (Å²) in [6.07, 6.45) is 1.60. The van der Waals surface area contributed by atoms with E-state index in [-0.39, 0.29) is 5.63 Å². The third-order valence-electron chi connectivity index (χ3n) is 2.18. The third kappa shape index (κ3) is 1.55. The molecule has 0 aliphatic rings. The number of benzene rings is 1. The average molecular weight is 187 g/mol. The number of aryl methyl sites for hydroxylation is 1. The third-order valence-corrected chi connectivity index (χ3v) is 2.18. The quantitative estimate of drug-likeness (QED) is 0.676. The predicted molar refractivity (Wildman–Crippen MR) is 56.2 cm³/mol. The van der Waals surface area contributed by atoms with Crippen molar-refractivity contribution in [1.29, 1.82) is 0 Å². The lowest BCUT2D eigenvalue weighted by Crippen LogP contribution is -2.00. The molecule has 0 saturated carbocycles. The highest BCUT2D eigenvalue weighted by atomic mass is 16.4. The molecule has 0 bridgehead atoms. The van der Waals surface area contributed by atoms with Gasteiger partial charge in [-0.05, 0) is 24.5 Å². The van der Waals surface area contributed by atoms with E-state index < -0.39 is 0 Å². The van der Waals surface area contributed by atoms with Gasteiger partial charge in [0.2, 0.25) is 0 Å². The fourth-order valence-electron chi connectivity index (χ4n) is 1.58. The zero-order chi connectivity index (χ0) is 9.97.